The van der Waals surface area contributed by atoms with E-state index in [9.17, 15) is 0 Å². The first-order chi connectivity index (χ1) is 9.00. The largest absolute Gasteiger partial charge is 0.293 e. The molecule has 0 saturated carbocycles. The van der Waals surface area contributed by atoms with Gasteiger partial charge in [-0.2, -0.15) is 0 Å². The fourth-order valence-electron chi connectivity index (χ4n) is 2.52. The summed E-state index contributed by atoms with van der Waals surface area (Å²) < 4.78 is 0. The zero-order valence-electron chi connectivity index (χ0n) is 12.3. The molecule has 0 bridgehead atoms. The second-order valence-electron chi connectivity index (χ2n) is 6.50. The van der Waals surface area contributed by atoms with Crippen LogP contribution in [-0.2, 0) is 12.0 Å². The molecule has 1 atom stereocenters. The minimum atomic E-state index is 0.169. The fraction of sp³-hybridized carbons (Fsp3) is 0.800. The summed E-state index contributed by atoms with van der Waals surface area (Å²) in [6.45, 7) is 8.95. The predicted octanol–water partition coefficient (Wildman–Crippen LogP) is 4.58. The Bertz CT molecular complexity index is 397. The molecule has 1 aromatic heterocycles. The molecule has 108 valence electrons. The van der Waals surface area contributed by atoms with Crippen molar-refractivity contribution in [3.05, 3.63) is 16.1 Å². The van der Waals surface area contributed by atoms with Crippen molar-refractivity contribution in [3.63, 3.8) is 0 Å². The standard InChI is InChI=1S/C15H25BrN2S/c1-15(2,3)13-11-19-14(17-13)10-18-8-6-4-5-7-12(18)9-16/h11-12H,4-10H2,1-3H3. The highest BCUT2D eigenvalue weighted by Gasteiger charge is 2.22. The van der Waals surface area contributed by atoms with Crippen molar-refractivity contribution in [1.29, 1.82) is 0 Å². The first-order valence-electron chi connectivity index (χ1n) is 7.25. The molecule has 1 unspecified atom stereocenters. The minimum Gasteiger partial charge on any atom is -0.293 e. The zero-order valence-corrected chi connectivity index (χ0v) is 14.7. The number of thiazole rings is 1. The molecule has 2 rings (SSSR count). The third kappa shape index (κ3) is 4.27. The topological polar surface area (TPSA) is 16.1 Å². The van der Waals surface area contributed by atoms with Gasteiger partial charge in [-0.25, -0.2) is 4.98 Å². The molecule has 0 aliphatic carbocycles. The van der Waals surface area contributed by atoms with Crippen LogP contribution in [0, 0.1) is 0 Å². The molecule has 1 aliphatic heterocycles. The number of hydrogen-bond acceptors (Lipinski definition) is 3. The molecule has 1 aromatic rings. The second kappa shape index (κ2) is 6.68. The van der Waals surface area contributed by atoms with Gasteiger partial charge in [-0.15, -0.1) is 11.3 Å². The normalized spacial score (nSPS) is 22.4. The second-order valence-corrected chi connectivity index (χ2v) is 8.09. The van der Waals surface area contributed by atoms with Crippen LogP contribution < -0.4 is 0 Å². The monoisotopic (exact) mass is 344 g/mol. The van der Waals surface area contributed by atoms with Crippen molar-refractivity contribution in [2.75, 3.05) is 11.9 Å². The summed E-state index contributed by atoms with van der Waals surface area (Å²) in [6.07, 6.45) is 5.41. The number of aromatic nitrogens is 1. The van der Waals surface area contributed by atoms with Crippen molar-refractivity contribution in [3.8, 4) is 0 Å². The highest BCUT2D eigenvalue weighted by molar-refractivity contribution is 9.09. The molecule has 1 fully saturated rings. The first-order valence-corrected chi connectivity index (χ1v) is 9.25. The number of alkyl halides is 1. The van der Waals surface area contributed by atoms with Crippen LogP contribution in [0.3, 0.4) is 0 Å². The van der Waals surface area contributed by atoms with E-state index in [2.05, 4.69) is 47.0 Å². The van der Waals surface area contributed by atoms with Crippen LogP contribution in [0.2, 0.25) is 0 Å². The summed E-state index contributed by atoms with van der Waals surface area (Å²) >= 11 is 5.50. The highest BCUT2D eigenvalue weighted by Crippen LogP contribution is 2.26. The van der Waals surface area contributed by atoms with Gasteiger partial charge in [0.25, 0.3) is 0 Å². The predicted molar refractivity (Wildman–Crippen MR) is 87.3 cm³/mol. The third-order valence-corrected chi connectivity index (χ3v) is 5.42. The van der Waals surface area contributed by atoms with Crippen LogP contribution >= 0.6 is 27.3 Å². The van der Waals surface area contributed by atoms with Crippen molar-refractivity contribution in [2.24, 2.45) is 0 Å². The fourth-order valence-corrected chi connectivity index (χ4v) is 4.30. The van der Waals surface area contributed by atoms with E-state index in [4.69, 9.17) is 4.98 Å². The summed E-state index contributed by atoms with van der Waals surface area (Å²) in [5, 5.41) is 4.60. The Morgan fingerprint density at radius 2 is 2.16 bits per heavy atom. The Balaban J connectivity index is 2.04. The molecule has 0 N–H and O–H groups in total. The van der Waals surface area contributed by atoms with E-state index in [-0.39, 0.29) is 5.41 Å². The number of rotatable bonds is 3. The first kappa shape index (κ1) is 15.5. The maximum absolute atomic E-state index is 4.84. The van der Waals surface area contributed by atoms with E-state index in [1.807, 2.05) is 11.3 Å². The molecule has 2 heterocycles. The van der Waals surface area contributed by atoms with Gasteiger partial charge in [-0.1, -0.05) is 49.5 Å². The molecule has 0 aromatic carbocycles. The Hall–Kier alpha value is 0.0700. The summed E-state index contributed by atoms with van der Waals surface area (Å²) in [5.41, 5.74) is 1.40. The van der Waals surface area contributed by atoms with Crippen molar-refractivity contribution >= 4 is 27.3 Å². The van der Waals surface area contributed by atoms with Crippen LogP contribution in [-0.4, -0.2) is 27.8 Å². The van der Waals surface area contributed by atoms with Gasteiger partial charge in [0.1, 0.15) is 5.01 Å². The summed E-state index contributed by atoms with van der Waals surface area (Å²) in [6, 6.07) is 0.685. The van der Waals surface area contributed by atoms with E-state index in [1.165, 1.54) is 42.9 Å². The van der Waals surface area contributed by atoms with Gasteiger partial charge in [0.05, 0.1) is 12.2 Å². The SMILES string of the molecule is CC(C)(C)c1csc(CN2CCCCCC2CBr)n1. The van der Waals surface area contributed by atoms with E-state index in [0.717, 1.165) is 11.9 Å². The van der Waals surface area contributed by atoms with Gasteiger partial charge >= 0.3 is 0 Å². The molecule has 1 saturated heterocycles. The van der Waals surface area contributed by atoms with Gasteiger partial charge in [-0.05, 0) is 19.4 Å². The lowest BCUT2D eigenvalue weighted by Gasteiger charge is -2.27. The number of likely N-dealkylation sites (tertiary alicyclic amines) is 1. The average molecular weight is 345 g/mol. The summed E-state index contributed by atoms with van der Waals surface area (Å²) in [5.74, 6) is 0. The van der Waals surface area contributed by atoms with Crippen LogP contribution in [0.25, 0.3) is 0 Å². The van der Waals surface area contributed by atoms with Crippen LogP contribution in [0.15, 0.2) is 5.38 Å². The molecule has 0 spiro atoms. The van der Waals surface area contributed by atoms with Gasteiger partial charge in [0.15, 0.2) is 0 Å². The molecule has 1 aliphatic rings. The summed E-state index contributed by atoms with van der Waals surface area (Å²) in [7, 11) is 0. The Kier molecular flexibility index (Phi) is 5.44. The van der Waals surface area contributed by atoms with E-state index >= 15 is 0 Å². The molecule has 0 radical (unpaired) electrons. The van der Waals surface area contributed by atoms with E-state index in [0.29, 0.717) is 6.04 Å². The van der Waals surface area contributed by atoms with Crippen LogP contribution in [0.4, 0.5) is 0 Å². The van der Waals surface area contributed by atoms with Crippen molar-refractivity contribution in [1.82, 2.24) is 9.88 Å². The highest BCUT2D eigenvalue weighted by atomic mass is 79.9. The average Bonchev–Trinajstić information content (AvgIpc) is 2.70. The van der Waals surface area contributed by atoms with Crippen molar-refractivity contribution in [2.45, 2.75) is 64.5 Å². The molecule has 0 amide bonds. The lowest BCUT2D eigenvalue weighted by Crippen LogP contribution is -2.35. The lowest BCUT2D eigenvalue weighted by atomic mass is 9.93. The van der Waals surface area contributed by atoms with Crippen LogP contribution in [0.1, 0.15) is 57.2 Å². The minimum absolute atomic E-state index is 0.169. The van der Waals surface area contributed by atoms with Gasteiger partial charge in [0, 0.05) is 22.2 Å². The summed E-state index contributed by atoms with van der Waals surface area (Å²) in [4.78, 5) is 7.45. The number of nitrogens with zero attached hydrogens (tertiary/aromatic N) is 2. The Morgan fingerprint density at radius 1 is 1.37 bits per heavy atom. The van der Waals surface area contributed by atoms with E-state index in [1.54, 1.807) is 0 Å². The Morgan fingerprint density at radius 3 is 2.79 bits per heavy atom. The van der Waals surface area contributed by atoms with Crippen molar-refractivity contribution < 1.29 is 0 Å². The van der Waals surface area contributed by atoms with E-state index < -0.39 is 0 Å². The van der Waals surface area contributed by atoms with Gasteiger partial charge in [0.2, 0.25) is 0 Å². The lowest BCUT2D eigenvalue weighted by molar-refractivity contribution is 0.209. The molecular formula is C15H25BrN2S. The third-order valence-electron chi connectivity index (χ3n) is 3.84. The maximum Gasteiger partial charge on any atom is 0.107 e. The number of hydrogen-bond donors (Lipinski definition) is 0. The number of halogens is 1. The molecular weight excluding hydrogens is 320 g/mol. The Labute approximate surface area is 129 Å². The van der Waals surface area contributed by atoms with Gasteiger partial charge < -0.3 is 0 Å². The van der Waals surface area contributed by atoms with Crippen LogP contribution in [0.5, 0.6) is 0 Å². The molecule has 4 heteroatoms. The molecule has 2 nitrogen and oxygen atoms in total. The molecule has 19 heavy (non-hydrogen) atoms. The maximum atomic E-state index is 4.84. The zero-order chi connectivity index (χ0) is 13.9. The van der Waals surface area contributed by atoms with Gasteiger partial charge in [-0.3, -0.25) is 4.90 Å². The quantitative estimate of drug-likeness (QED) is 0.746. The smallest absolute Gasteiger partial charge is 0.107 e.